The van der Waals surface area contributed by atoms with Gasteiger partial charge in [-0.25, -0.2) is 0 Å². The van der Waals surface area contributed by atoms with Crippen LogP contribution in [0.25, 0.3) is 0 Å². The lowest BCUT2D eigenvalue weighted by Crippen LogP contribution is -2.39. The molecule has 1 amide bonds. The first-order valence-electron chi connectivity index (χ1n) is 7.60. The fourth-order valence-corrected chi connectivity index (χ4v) is 3.09. The van der Waals surface area contributed by atoms with E-state index in [0.717, 1.165) is 25.4 Å². The van der Waals surface area contributed by atoms with Crippen molar-refractivity contribution >= 4 is 5.91 Å². The Kier molecular flexibility index (Phi) is 3.78. The van der Waals surface area contributed by atoms with Crippen LogP contribution in [0.4, 0.5) is 0 Å². The van der Waals surface area contributed by atoms with Gasteiger partial charge in [0.25, 0.3) is 0 Å². The number of hydrogen-bond donors (Lipinski definition) is 0. The number of likely N-dealkylation sites (tertiary alicyclic amines) is 1. The highest BCUT2D eigenvalue weighted by Crippen LogP contribution is 2.32. The van der Waals surface area contributed by atoms with Crippen LogP contribution in [-0.2, 0) is 11.8 Å². The molecule has 5 nitrogen and oxygen atoms in total. The van der Waals surface area contributed by atoms with E-state index in [1.807, 2.05) is 29.9 Å². The summed E-state index contributed by atoms with van der Waals surface area (Å²) < 4.78 is 1.84. The summed E-state index contributed by atoms with van der Waals surface area (Å²) >= 11 is 0. The van der Waals surface area contributed by atoms with Crippen LogP contribution in [0.5, 0.6) is 0 Å². The van der Waals surface area contributed by atoms with E-state index in [9.17, 15) is 4.79 Å². The van der Waals surface area contributed by atoms with Crippen LogP contribution in [0, 0.1) is 5.92 Å². The Morgan fingerprint density at radius 2 is 2.25 bits per heavy atom. The number of amides is 1. The summed E-state index contributed by atoms with van der Waals surface area (Å²) in [5.74, 6) is 1.02. The lowest BCUT2D eigenvalue weighted by Gasteiger charge is -2.26. The Balaban J connectivity index is 1.59. The van der Waals surface area contributed by atoms with Crippen molar-refractivity contribution in [2.45, 2.75) is 31.7 Å². The molecule has 110 valence electrons. The largest absolute Gasteiger partial charge is 0.344 e. The second-order valence-corrected chi connectivity index (χ2v) is 6.29. The van der Waals surface area contributed by atoms with Gasteiger partial charge in [-0.1, -0.05) is 0 Å². The van der Waals surface area contributed by atoms with E-state index in [2.05, 4.69) is 16.2 Å². The number of aromatic nitrogens is 2. The number of likely N-dealkylation sites (N-methyl/N-ethyl adjacent to an activating group) is 1. The Hall–Kier alpha value is -1.36. The molecule has 1 saturated carbocycles. The van der Waals surface area contributed by atoms with E-state index in [1.165, 1.54) is 24.8 Å². The average molecular weight is 276 g/mol. The van der Waals surface area contributed by atoms with Crippen molar-refractivity contribution in [2.24, 2.45) is 13.0 Å². The van der Waals surface area contributed by atoms with E-state index >= 15 is 0 Å². The van der Waals surface area contributed by atoms with Gasteiger partial charge in [0.1, 0.15) is 0 Å². The zero-order chi connectivity index (χ0) is 14.1. The maximum atomic E-state index is 12.3. The molecule has 2 heterocycles. The first kappa shape index (κ1) is 13.6. The van der Waals surface area contributed by atoms with Gasteiger partial charge in [0.15, 0.2) is 0 Å². The number of rotatable bonds is 5. The van der Waals surface area contributed by atoms with E-state index < -0.39 is 0 Å². The highest BCUT2D eigenvalue weighted by molar-refractivity contribution is 5.78. The van der Waals surface area contributed by atoms with Crippen LogP contribution < -0.4 is 0 Å². The fourth-order valence-electron chi connectivity index (χ4n) is 3.09. The van der Waals surface area contributed by atoms with Crippen LogP contribution in [0.3, 0.4) is 0 Å². The van der Waals surface area contributed by atoms with E-state index in [-0.39, 0.29) is 5.91 Å². The number of carbonyl (C=O) groups excluding carboxylic acids is 1. The van der Waals surface area contributed by atoms with Crippen molar-refractivity contribution in [3.8, 4) is 0 Å². The molecule has 1 saturated heterocycles. The Morgan fingerprint density at radius 3 is 2.90 bits per heavy atom. The molecule has 1 atom stereocenters. The van der Waals surface area contributed by atoms with Crippen LogP contribution in [-0.4, -0.2) is 52.2 Å². The molecule has 3 rings (SSSR count). The summed E-state index contributed by atoms with van der Waals surface area (Å²) in [6, 6.07) is 0.363. The van der Waals surface area contributed by atoms with Crippen molar-refractivity contribution in [1.82, 2.24) is 19.6 Å². The zero-order valence-electron chi connectivity index (χ0n) is 12.5. The molecule has 5 heteroatoms. The summed E-state index contributed by atoms with van der Waals surface area (Å²) in [5.41, 5.74) is 1.24. The molecular formula is C15H24N4O. The second kappa shape index (κ2) is 5.56. The van der Waals surface area contributed by atoms with Crippen molar-refractivity contribution < 1.29 is 4.79 Å². The molecule has 0 unspecified atom stereocenters. The summed E-state index contributed by atoms with van der Waals surface area (Å²) in [6.45, 7) is 2.50. The minimum atomic E-state index is 0.257. The topological polar surface area (TPSA) is 41.4 Å². The third-order valence-corrected chi connectivity index (χ3v) is 4.47. The van der Waals surface area contributed by atoms with Gasteiger partial charge in [-0.05, 0) is 38.1 Å². The van der Waals surface area contributed by atoms with Crippen LogP contribution in [0.1, 0.15) is 37.3 Å². The number of aryl methyl sites for hydroxylation is 1. The molecule has 0 spiro atoms. The van der Waals surface area contributed by atoms with Crippen molar-refractivity contribution in [3.63, 3.8) is 0 Å². The molecule has 0 bridgehead atoms. The van der Waals surface area contributed by atoms with Crippen molar-refractivity contribution in [2.75, 3.05) is 26.7 Å². The normalized spacial score (nSPS) is 23.2. The van der Waals surface area contributed by atoms with E-state index in [4.69, 9.17) is 0 Å². The fraction of sp³-hybridized carbons (Fsp3) is 0.733. The summed E-state index contributed by atoms with van der Waals surface area (Å²) in [7, 11) is 3.88. The minimum absolute atomic E-state index is 0.257. The molecule has 20 heavy (non-hydrogen) atoms. The van der Waals surface area contributed by atoms with Gasteiger partial charge in [0, 0.05) is 38.4 Å². The molecule has 1 aromatic rings. The minimum Gasteiger partial charge on any atom is -0.344 e. The third kappa shape index (κ3) is 3.03. The molecule has 0 radical (unpaired) electrons. The molecular weight excluding hydrogens is 252 g/mol. The van der Waals surface area contributed by atoms with Crippen molar-refractivity contribution in [3.05, 3.63) is 18.0 Å². The number of carbonyl (C=O) groups is 1. The van der Waals surface area contributed by atoms with Crippen molar-refractivity contribution in [1.29, 1.82) is 0 Å². The Bertz CT molecular complexity index is 480. The maximum Gasteiger partial charge on any atom is 0.236 e. The van der Waals surface area contributed by atoms with E-state index in [0.29, 0.717) is 12.6 Å². The van der Waals surface area contributed by atoms with Crippen LogP contribution in [0.2, 0.25) is 0 Å². The zero-order valence-corrected chi connectivity index (χ0v) is 12.5. The third-order valence-electron chi connectivity index (χ3n) is 4.47. The lowest BCUT2D eigenvalue weighted by molar-refractivity contribution is -0.131. The van der Waals surface area contributed by atoms with Gasteiger partial charge < -0.3 is 4.90 Å². The highest BCUT2D eigenvalue weighted by atomic mass is 16.2. The first-order valence-corrected chi connectivity index (χ1v) is 7.60. The quantitative estimate of drug-likeness (QED) is 0.817. The van der Waals surface area contributed by atoms with Gasteiger partial charge >= 0.3 is 0 Å². The smallest absolute Gasteiger partial charge is 0.236 e. The standard InChI is InChI=1S/C15H24N4O/c1-17(9-12-5-6-12)15(20)11-19-7-3-4-14(19)13-8-16-18(2)10-13/h8,10,12,14H,3-7,9,11H2,1-2H3/t14-/m1/s1. The highest BCUT2D eigenvalue weighted by Gasteiger charge is 2.30. The van der Waals surface area contributed by atoms with Gasteiger partial charge in [0.2, 0.25) is 5.91 Å². The lowest BCUT2D eigenvalue weighted by atomic mass is 10.1. The first-order chi connectivity index (χ1) is 9.63. The predicted molar refractivity (Wildman–Crippen MR) is 77.1 cm³/mol. The van der Waals surface area contributed by atoms with Gasteiger partial charge in [-0.3, -0.25) is 14.4 Å². The molecule has 2 fully saturated rings. The van der Waals surface area contributed by atoms with Crippen LogP contribution >= 0.6 is 0 Å². The molecule has 0 N–H and O–H groups in total. The maximum absolute atomic E-state index is 12.3. The van der Waals surface area contributed by atoms with Gasteiger partial charge in [-0.2, -0.15) is 5.10 Å². The number of hydrogen-bond acceptors (Lipinski definition) is 3. The van der Waals surface area contributed by atoms with Gasteiger partial charge in [-0.15, -0.1) is 0 Å². The molecule has 1 aromatic heterocycles. The second-order valence-electron chi connectivity index (χ2n) is 6.29. The van der Waals surface area contributed by atoms with Crippen LogP contribution in [0.15, 0.2) is 12.4 Å². The number of nitrogens with zero attached hydrogens (tertiary/aromatic N) is 4. The summed E-state index contributed by atoms with van der Waals surface area (Å²) in [6.07, 6.45) is 8.88. The molecule has 2 aliphatic rings. The molecule has 1 aliphatic heterocycles. The summed E-state index contributed by atoms with van der Waals surface area (Å²) in [5, 5.41) is 4.25. The summed E-state index contributed by atoms with van der Waals surface area (Å²) in [4.78, 5) is 16.5. The van der Waals surface area contributed by atoms with E-state index in [1.54, 1.807) is 0 Å². The monoisotopic (exact) mass is 276 g/mol. The molecule has 1 aliphatic carbocycles. The predicted octanol–water partition coefficient (Wildman–Crippen LogP) is 1.43. The van der Waals surface area contributed by atoms with Gasteiger partial charge in [0.05, 0.1) is 12.7 Å². The SMILES string of the molecule is CN(CC1CC1)C(=O)CN1CCC[C@@H]1c1cnn(C)c1. The molecule has 0 aromatic carbocycles. The average Bonchev–Trinajstić information content (AvgIpc) is 2.94. The Morgan fingerprint density at radius 1 is 1.45 bits per heavy atom. The Labute approximate surface area is 120 Å².